The fourth-order valence-electron chi connectivity index (χ4n) is 2.60. The summed E-state index contributed by atoms with van der Waals surface area (Å²) in [5, 5.41) is 5.59. The number of ether oxygens (including phenoxy) is 1. The average Bonchev–Trinajstić information content (AvgIpc) is 2.93. The van der Waals surface area contributed by atoms with Crippen molar-refractivity contribution in [1.29, 1.82) is 0 Å². The molecular formula is C15H23N3O3S. The molecular weight excluding hydrogens is 302 g/mol. The third-order valence-electron chi connectivity index (χ3n) is 3.63. The number of morpholine rings is 1. The molecule has 0 unspecified atom stereocenters. The first-order valence-electron chi connectivity index (χ1n) is 7.65. The zero-order chi connectivity index (χ0) is 16.1. The molecule has 0 radical (unpaired) electrons. The molecule has 2 N–H and O–H groups in total. The van der Waals surface area contributed by atoms with Gasteiger partial charge in [-0.05, 0) is 6.42 Å². The summed E-state index contributed by atoms with van der Waals surface area (Å²) in [6.45, 7) is 6.43. The van der Waals surface area contributed by atoms with Gasteiger partial charge in [0.2, 0.25) is 5.91 Å². The van der Waals surface area contributed by atoms with Gasteiger partial charge in [-0.3, -0.25) is 9.59 Å². The van der Waals surface area contributed by atoms with Gasteiger partial charge in [-0.2, -0.15) is 0 Å². The molecule has 122 valence electrons. The van der Waals surface area contributed by atoms with Gasteiger partial charge < -0.3 is 10.5 Å². The number of carbonyl (C=O) groups excluding carboxylic acids is 2. The van der Waals surface area contributed by atoms with Crippen LogP contribution in [0.4, 0.5) is 5.69 Å². The Bertz CT molecular complexity index is 538. The summed E-state index contributed by atoms with van der Waals surface area (Å²) in [7, 11) is 0. The molecule has 2 heterocycles. The standard InChI is InChI=1S/C15H23N3O3S/c1-3-5-11-12(10-22-14(11)15(16)20)18(13(19)4-2)17-6-8-21-9-7-17/h10H,3-9H2,1-2H3,(H2,16,20). The second kappa shape index (κ2) is 7.71. The van der Waals surface area contributed by atoms with E-state index >= 15 is 0 Å². The van der Waals surface area contributed by atoms with Crippen molar-refractivity contribution >= 4 is 28.8 Å². The SMILES string of the molecule is CCCc1c(N(C(=O)CC)N2CCOCC2)csc1C(N)=O. The van der Waals surface area contributed by atoms with E-state index in [-0.39, 0.29) is 5.91 Å². The Morgan fingerprint density at radius 1 is 1.36 bits per heavy atom. The second-order valence-electron chi connectivity index (χ2n) is 5.17. The molecule has 0 saturated carbocycles. The van der Waals surface area contributed by atoms with Crippen LogP contribution in [0, 0.1) is 0 Å². The van der Waals surface area contributed by atoms with Gasteiger partial charge >= 0.3 is 0 Å². The van der Waals surface area contributed by atoms with Gasteiger partial charge in [0.1, 0.15) is 0 Å². The van der Waals surface area contributed by atoms with Crippen LogP contribution in [0.3, 0.4) is 0 Å². The van der Waals surface area contributed by atoms with Crippen molar-refractivity contribution in [3.8, 4) is 0 Å². The van der Waals surface area contributed by atoms with Gasteiger partial charge in [0.25, 0.3) is 5.91 Å². The highest BCUT2D eigenvalue weighted by atomic mass is 32.1. The third-order valence-corrected chi connectivity index (χ3v) is 4.66. The summed E-state index contributed by atoms with van der Waals surface area (Å²) in [5.41, 5.74) is 7.16. The van der Waals surface area contributed by atoms with Crippen molar-refractivity contribution in [3.05, 3.63) is 15.8 Å². The fraction of sp³-hybridized carbons (Fsp3) is 0.600. The van der Waals surface area contributed by atoms with Gasteiger partial charge in [0, 0.05) is 30.5 Å². The summed E-state index contributed by atoms with van der Waals surface area (Å²) in [6.07, 6.45) is 2.03. The maximum Gasteiger partial charge on any atom is 0.259 e. The molecule has 2 rings (SSSR count). The first-order valence-corrected chi connectivity index (χ1v) is 8.53. The molecule has 7 heteroatoms. The molecule has 0 atom stereocenters. The summed E-state index contributed by atoms with van der Waals surface area (Å²) < 4.78 is 5.37. The average molecular weight is 325 g/mol. The highest BCUT2D eigenvalue weighted by Gasteiger charge is 2.28. The van der Waals surface area contributed by atoms with E-state index in [0.29, 0.717) is 37.6 Å². The topological polar surface area (TPSA) is 75.9 Å². The van der Waals surface area contributed by atoms with Crippen molar-refractivity contribution in [3.63, 3.8) is 0 Å². The molecule has 1 aromatic heterocycles. The van der Waals surface area contributed by atoms with E-state index < -0.39 is 5.91 Å². The maximum absolute atomic E-state index is 12.5. The van der Waals surface area contributed by atoms with E-state index in [1.54, 1.807) is 5.01 Å². The molecule has 0 spiro atoms. The molecule has 1 fully saturated rings. The van der Waals surface area contributed by atoms with Gasteiger partial charge in [-0.1, -0.05) is 20.3 Å². The van der Waals surface area contributed by atoms with E-state index in [1.807, 2.05) is 24.2 Å². The molecule has 6 nitrogen and oxygen atoms in total. The first-order chi connectivity index (χ1) is 10.6. The van der Waals surface area contributed by atoms with E-state index in [0.717, 1.165) is 24.1 Å². The lowest BCUT2D eigenvalue weighted by Crippen LogP contribution is -2.52. The number of anilines is 1. The Kier molecular flexibility index (Phi) is 5.93. The largest absolute Gasteiger partial charge is 0.379 e. The fourth-order valence-corrected chi connectivity index (χ4v) is 3.53. The number of rotatable bonds is 6. The lowest BCUT2D eigenvalue weighted by atomic mass is 10.1. The zero-order valence-corrected chi connectivity index (χ0v) is 13.9. The molecule has 1 aliphatic rings. The van der Waals surface area contributed by atoms with Crippen LogP contribution in [-0.2, 0) is 16.0 Å². The maximum atomic E-state index is 12.5. The Labute approximate surface area is 134 Å². The number of carbonyl (C=O) groups is 2. The van der Waals surface area contributed by atoms with Crippen LogP contribution in [0.5, 0.6) is 0 Å². The first kappa shape index (κ1) is 16.9. The summed E-state index contributed by atoms with van der Waals surface area (Å²) in [6, 6.07) is 0. The van der Waals surface area contributed by atoms with Crippen molar-refractivity contribution in [2.24, 2.45) is 5.73 Å². The predicted molar refractivity (Wildman–Crippen MR) is 87.0 cm³/mol. The van der Waals surface area contributed by atoms with Crippen LogP contribution in [0.25, 0.3) is 0 Å². The Hall–Kier alpha value is -1.44. The van der Waals surface area contributed by atoms with Crippen LogP contribution in [0.1, 0.15) is 41.9 Å². The Morgan fingerprint density at radius 2 is 2.05 bits per heavy atom. The number of nitrogens with zero attached hydrogens (tertiary/aromatic N) is 2. The molecule has 0 aromatic carbocycles. The summed E-state index contributed by atoms with van der Waals surface area (Å²) in [5.74, 6) is -0.404. The van der Waals surface area contributed by atoms with Crippen LogP contribution in [-0.4, -0.2) is 43.1 Å². The van der Waals surface area contributed by atoms with Crippen LogP contribution in [0.2, 0.25) is 0 Å². The van der Waals surface area contributed by atoms with E-state index in [1.165, 1.54) is 11.3 Å². The van der Waals surface area contributed by atoms with E-state index in [9.17, 15) is 9.59 Å². The van der Waals surface area contributed by atoms with Crippen molar-refractivity contribution < 1.29 is 14.3 Å². The van der Waals surface area contributed by atoms with Crippen LogP contribution in [0.15, 0.2) is 5.38 Å². The number of amides is 2. The molecule has 2 amide bonds. The van der Waals surface area contributed by atoms with Crippen LogP contribution < -0.4 is 10.7 Å². The highest BCUT2D eigenvalue weighted by Crippen LogP contribution is 2.33. The van der Waals surface area contributed by atoms with Crippen LogP contribution >= 0.6 is 11.3 Å². The zero-order valence-electron chi connectivity index (χ0n) is 13.1. The molecule has 1 aliphatic heterocycles. The number of primary amides is 1. The number of thiophene rings is 1. The van der Waals surface area contributed by atoms with Gasteiger partial charge in [-0.15, -0.1) is 11.3 Å². The summed E-state index contributed by atoms with van der Waals surface area (Å²) >= 11 is 1.32. The van der Waals surface area contributed by atoms with Gasteiger partial charge in [0.15, 0.2) is 0 Å². The summed E-state index contributed by atoms with van der Waals surface area (Å²) in [4.78, 5) is 24.7. The molecule has 0 aliphatic carbocycles. The number of nitrogens with two attached hydrogens (primary N) is 1. The smallest absolute Gasteiger partial charge is 0.259 e. The Balaban J connectivity index is 2.42. The lowest BCUT2D eigenvalue weighted by molar-refractivity contribution is -0.122. The monoisotopic (exact) mass is 325 g/mol. The molecule has 0 bridgehead atoms. The Morgan fingerprint density at radius 3 is 2.59 bits per heavy atom. The molecule has 22 heavy (non-hydrogen) atoms. The minimum Gasteiger partial charge on any atom is -0.379 e. The van der Waals surface area contributed by atoms with E-state index in [2.05, 4.69) is 0 Å². The van der Waals surface area contributed by atoms with Gasteiger partial charge in [0.05, 0.1) is 23.8 Å². The number of hydrogen-bond donors (Lipinski definition) is 1. The minimum atomic E-state index is -0.425. The second-order valence-corrected chi connectivity index (χ2v) is 6.05. The van der Waals surface area contributed by atoms with Crippen molar-refractivity contribution in [1.82, 2.24) is 5.01 Å². The minimum absolute atomic E-state index is 0.0214. The lowest BCUT2D eigenvalue weighted by Gasteiger charge is -2.37. The highest BCUT2D eigenvalue weighted by molar-refractivity contribution is 7.12. The number of hydrogen-bond acceptors (Lipinski definition) is 5. The predicted octanol–water partition coefficient (Wildman–Crippen LogP) is 1.79. The van der Waals surface area contributed by atoms with Gasteiger partial charge in [-0.25, -0.2) is 10.0 Å². The normalized spacial score (nSPS) is 15.7. The van der Waals surface area contributed by atoms with Crippen molar-refractivity contribution in [2.45, 2.75) is 33.1 Å². The number of hydrazine groups is 1. The van der Waals surface area contributed by atoms with E-state index in [4.69, 9.17) is 10.5 Å². The van der Waals surface area contributed by atoms with Crippen molar-refractivity contribution in [2.75, 3.05) is 31.3 Å². The third kappa shape index (κ3) is 3.48. The quantitative estimate of drug-likeness (QED) is 0.865. The molecule has 1 saturated heterocycles. The molecule has 1 aromatic rings.